The first-order valence-electron chi connectivity index (χ1n) is 4.80. The Hall–Kier alpha value is -0.0800. The zero-order valence-electron chi connectivity index (χ0n) is 9.76. The molecule has 0 heterocycles. The second kappa shape index (κ2) is 4.24. The van der Waals surface area contributed by atoms with Crippen LogP contribution in [0.3, 0.4) is 0 Å². The zero-order valence-corrected chi connectivity index (χ0v) is 9.76. The van der Waals surface area contributed by atoms with Crippen LogP contribution in [-0.4, -0.2) is 49.3 Å². The second-order valence-corrected chi connectivity index (χ2v) is 4.86. The summed E-state index contributed by atoms with van der Waals surface area (Å²) in [5.74, 6) is 0. The molecule has 0 fully saturated rings. The van der Waals surface area contributed by atoms with Crippen molar-refractivity contribution in [3.8, 4) is 0 Å². The van der Waals surface area contributed by atoms with E-state index in [1.807, 2.05) is 0 Å². The standard InChI is InChI=1S/C10H25N2/c1-9(2)11(5)8-12(6,7)10(3)4/h9-10H,8H2,1-7H3/q+1. The molecule has 0 amide bonds. The van der Waals surface area contributed by atoms with Crippen LogP contribution < -0.4 is 0 Å². The van der Waals surface area contributed by atoms with Gasteiger partial charge in [0.1, 0.15) is 6.67 Å². The number of hydrogen-bond acceptors (Lipinski definition) is 1. The van der Waals surface area contributed by atoms with Crippen molar-refractivity contribution in [2.24, 2.45) is 0 Å². The van der Waals surface area contributed by atoms with Gasteiger partial charge in [-0.25, -0.2) is 0 Å². The minimum Gasteiger partial charge on any atom is -0.314 e. The Morgan fingerprint density at radius 3 is 1.75 bits per heavy atom. The molecule has 0 spiro atoms. The highest BCUT2D eigenvalue weighted by Crippen LogP contribution is 2.08. The molecule has 12 heavy (non-hydrogen) atoms. The van der Waals surface area contributed by atoms with Crippen LogP contribution >= 0.6 is 0 Å². The third-order valence-corrected chi connectivity index (χ3v) is 2.87. The molecule has 2 nitrogen and oxygen atoms in total. The molecule has 0 aliphatic carbocycles. The molecule has 0 aromatic carbocycles. The summed E-state index contributed by atoms with van der Waals surface area (Å²) < 4.78 is 1.06. The van der Waals surface area contributed by atoms with E-state index in [-0.39, 0.29) is 0 Å². The summed E-state index contributed by atoms with van der Waals surface area (Å²) in [6.07, 6.45) is 0. The minimum absolute atomic E-state index is 0.640. The van der Waals surface area contributed by atoms with Crippen LogP contribution in [0.2, 0.25) is 0 Å². The zero-order chi connectivity index (χ0) is 9.94. The third kappa shape index (κ3) is 3.55. The number of hydrogen-bond donors (Lipinski definition) is 0. The number of quaternary nitrogens is 1. The quantitative estimate of drug-likeness (QED) is 0.462. The Morgan fingerprint density at radius 2 is 1.50 bits per heavy atom. The van der Waals surface area contributed by atoms with E-state index in [1.54, 1.807) is 0 Å². The summed E-state index contributed by atoms with van der Waals surface area (Å²) in [6.45, 7) is 10.1. The summed E-state index contributed by atoms with van der Waals surface area (Å²) in [6, 6.07) is 1.33. The molecule has 0 saturated carbocycles. The van der Waals surface area contributed by atoms with Crippen LogP contribution in [0, 0.1) is 0 Å². The molecule has 0 N–H and O–H groups in total. The Balaban J connectivity index is 4.05. The fourth-order valence-electron chi connectivity index (χ4n) is 0.902. The molecule has 0 radical (unpaired) electrons. The maximum absolute atomic E-state index is 2.39. The lowest BCUT2D eigenvalue weighted by Crippen LogP contribution is -2.53. The molecule has 0 aromatic rings. The van der Waals surface area contributed by atoms with Crippen molar-refractivity contribution in [1.29, 1.82) is 0 Å². The van der Waals surface area contributed by atoms with E-state index in [2.05, 4.69) is 53.7 Å². The fraction of sp³-hybridized carbons (Fsp3) is 1.00. The monoisotopic (exact) mass is 173 g/mol. The third-order valence-electron chi connectivity index (χ3n) is 2.87. The van der Waals surface area contributed by atoms with Crippen molar-refractivity contribution in [1.82, 2.24) is 4.90 Å². The van der Waals surface area contributed by atoms with Gasteiger partial charge in [-0.05, 0) is 34.7 Å². The van der Waals surface area contributed by atoms with Gasteiger partial charge in [0.25, 0.3) is 0 Å². The van der Waals surface area contributed by atoms with Crippen molar-refractivity contribution in [2.45, 2.75) is 39.8 Å². The van der Waals surface area contributed by atoms with Crippen molar-refractivity contribution < 1.29 is 4.48 Å². The molecule has 0 atom stereocenters. The summed E-state index contributed by atoms with van der Waals surface area (Å²) in [7, 11) is 6.75. The Labute approximate surface area is 77.8 Å². The maximum Gasteiger partial charge on any atom is 0.134 e. The van der Waals surface area contributed by atoms with Crippen LogP contribution in [0.1, 0.15) is 27.7 Å². The Bertz CT molecular complexity index is 128. The van der Waals surface area contributed by atoms with Crippen molar-refractivity contribution >= 4 is 0 Å². The van der Waals surface area contributed by atoms with E-state index in [4.69, 9.17) is 0 Å². The van der Waals surface area contributed by atoms with Crippen molar-refractivity contribution in [3.05, 3.63) is 0 Å². The molecule has 0 bridgehead atoms. The fourth-order valence-corrected chi connectivity index (χ4v) is 0.902. The van der Waals surface area contributed by atoms with E-state index in [9.17, 15) is 0 Å². The molecular weight excluding hydrogens is 148 g/mol. The highest BCUT2D eigenvalue weighted by molar-refractivity contribution is 4.52. The number of rotatable bonds is 4. The van der Waals surface area contributed by atoms with Gasteiger partial charge in [0.2, 0.25) is 0 Å². The molecule has 0 aromatic heterocycles. The molecule has 0 unspecified atom stereocenters. The van der Waals surface area contributed by atoms with Gasteiger partial charge in [0, 0.05) is 6.04 Å². The molecule has 0 rings (SSSR count). The van der Waals surface area contributed by atoms with Crippen LogP contribution in [0.25, 0.3) is 0 Å². The van der Waals surface area contributed by atoms with Gasteiger partial charge >= 0.3 is 0 Å². The lowest BCUT2D eigenvalue weighted by molar-refractivity contribution is -0.920. The predicted octanol–water partition coefficient (Wildman–Crippen LogP) is 1.77. The van der Waals surface area contributed by atoms with Crippen LogP contribution in [0.4, 0.5) is 0 Å². The van der Waals surface area contributed by atoms with Crippen LogP contribution in [0.5, 0.6) is 0 Å². The van der Waals surface area contributed by atoms with E-state index in [0.717, 1.165) is 11.2 Å². The summed E-state index contributed by atoms with van der Waals surface area (Å²) >= 11 is 0. The largest absolute Gasteiger partial charge is 0.314 e. The van der Waals surface area contributed by atoms with Gasteiger partial charge in [0.05, 0.1) is 20.1 Å². The summed E-state index contributed by atoms with van der Waals surface area (Å²) in [5, 5.41) is 0. The van der Waals surface area contributed by atoms with Crippen molar-refractivity contribution in [3.63, 3.8) is 0 Å². The first kappa shape index (κ1) is 11.9. The molecule has 0 saturated heterocycles. The van der Waals surface area contributed by atoms with Gasteiger partial charge in [-0.15, -0.1) is 0 Å². The molecule has 0 aliphatic rings. The predicted molar refractivity (Wildman–Crippen MR) is 55.0 cm³/mol. The molecular formula is C10H25N2+. The average molecular weight is 173 g/mol. The first-order chi connectivity index (χ1) is 5.27. The maximum atomic E-state index is 2.39. The topological polar surface area (TPSA) is 3.24 Å². The van der Waals surface area contributed by atoms with Gasteiger partial charge in [-0.2, -0.15) is 0 Å². The molecule has 0 aliphatic heterocycles. The minimum atomic E-state index is 0.640. The van der Waals surface area contributed by atoms with E-state index >= 15 is 0 Å². The second-order valence-electron chi connectivity index (χ2n) is 4.86. The summed E-state index contributed by atoms with van der Waals surface area (Å²) in [4.78, 5) is 2.39. The van der Waals surface area contributed by atoms with Gasteiger partial charge in [-0.1, -0.05) is 0 Å². The van der Waals surface area contributed by atoms with Gasteiger partial charge in [0.15, 0.2) is 0 Å². The highest BCUT2D eigenvalue weighted by Gasteiger charge is 2.22. The lowest BCUT2D eigenvalue weighted by atomic mass is 10.3. The Morgan fingerprint density at radius 1 is 1.08 bits per heavy atom. The van der Waals surface area contributed by atoms with Crippen LogP contribution in [-0.2, 0) is 0 Å². The van der Waals surface area contributed by atoms with Crippen LogP contribution in [0.15, 0.2) is 0 Å². The number of nitrogens with zero attached hydrogens (tertiary/aromatic N) is 2. The smallest absolute Gasteiger partial charge is 0.134 e. The lowest BCUT2D eigenvalue weighted by Gasteiger charge is -2.38. The van der Waals surface area contributed by atoms with E-state index in [0.29, 0.717) is 12.1 Å². The SMILES string of the molecule is CC(C)N(C)C[N+](C)(C)C(C)C. The molecule has 74 valence electrons. The normalized spacial score (nSPS) is 13.5. The van der Waals surface area contributed by atoms with Gasteiger partial charge in [-0.3, -0.25) is 4.90 Å². The molecule has 2 heteroatoms. The van der Waals surface area contributed by atoms with E-state index < -0.39 is 0 Å². The summed E-state index contributed by atoms with van der Waals surface area (Å²) in [5.41, 5.74) is 0. The van der Waals surface area contributed by atoms with Crippen molar-refractivity contribution in [2.75, 3.05) is 27.8 Å². The first-order valence-corrected chi connectivity index (χ1v) is 4.80. The van der Waals surface area contributed by atoms with Gasteiger partial charge < -0.3 is 4.48 Å². The Kier molecular flexibility index (Phi) is 4.21. The average Bonchev–Trinajstić information content (AvgIpc) is 1.85. The highest BCUT2D eigenvalue weighted by atomic mass is 15.4. The van der Waals surface area contributed by atoms with E-state index in [1.165, 1.54) is 0 Å².